The summed E-state index contributed by atoms with van der Waals surface area (Å²) < 4.78 is 0. The standard InChI is InChI=1S/C14H14O4/c15-9-14(18,13(16)17)8-11-6-3-5-10-4-1-2-7-12(10)11/h1-7,15,18H,8-9H2,(H,16,17). The molecule has 0 radical (unpaired) electrons. The lowest BCUT2D eigenvalue weighted by Crippen LogP contribution is -2.44. The SMILES string of the molecule is O=C(O)C(O)(CO)Cc1cccc2ccccc12. The van der Waals surface area contributed by atoms with E-state index in [1.807, 2.05) is 30.3 Å². The number of aliphatic carboxylic acids is 1. The van der Waals surface area contributed by atoms with Gasteiger partial charge in [0.1, 0.15) is 0 Å². The van der Waals surface area contributed by atoms with E-state index in [1.165, 1.54) is 0 Å². The highest BCUT2D eigenvalue weighted by Gasteiger charge is 2.35. The van der Waals surface area contributed by atoms with E-state index in [0.717, 1.165) is 10.8 Å². The summed E-state index contributed by atoms with van der Waals surface area (Å²) in [5.74, 6) is -1.42. The predicted molar refractivity (Wildman–Crippen MR) is 67.3 cm³/mol. The van der Waals surface area contributed by atoms with Crippen LogP contribution in [0.15, 0.2) is 42.5 Å². The van der Waals surface area contributed by atoms with Gasteiger partial charge >= 0.3 is 5.97 Å². The summed E-state index contributed by atoms with van der Waals surface area (Å²) in [5.41, 5.74) is -1.43. The van der Waals surface area contributed by atoms with Crippen molar-refractivity contribution in [3.63, 3.8) is 0 Å². The molecule has 0 spiro atoms. The normalized spacial score (nSPS) is 14.3. The van der Waals surface area contributed by atoms with Crippen molar-refractivity contribution in [2.45, 2.75) is 12.0 Å². The number of hydrogen-bond donors (Lipinski definition) is 3. The molecule has 18 heavy (non-hydrogen) atoms. The molecule has 1 atom stereocenters. The molecule has 0 fully saturated rings. The minimum absolute atomic E-state index is 0.125. The van der Waals surface area contributed by atoms with Gasteiger partial charge in [0.05, 0.1) is 6.61 Å². The maximum atomic E-state index is 11.0. The van der Waals surface area contributed by atoms with Crippen LogP contribution in [0, 0.1) is 0 Å². The summed E-state index contributed by atoms with van der Waals surface area (Å²) in [7, 11) is 0. The summed E-state index contributed by atoms with van der Waals surface area (Å²) >= 11 is 0. The number of aliphatic hydroxyl groups excluding tert-OH is 1. The van der Waals surface area contributed by atoms with E-state index in [4.69, 9.17) is 10.2 Å². The Morgan fingerprint density at radius 2 is 1.78 bits per heavy atom. The summed E-state index contributed by atoms with van der Waals surface area (Å²) in [6, 6.07) is 13.0. The molecule has 0 amide bonds. The van der Waals surface area contributed by atoms with Gasteiger partial charge in [0.2, 0.25) is 0 Å². The maximum absolute atomic E-state index is 11.0. The summed E-state index contributed by atoms with van der Waals surface area (Å²) in [5, 5.41) is 29.7. The highest BCUT2D eigenvalue weighted by Crippen LogP contribution is 2.23. The van der Waals surface area contributed by atoms with E-state index in [-0.39, 0.29) is 6.42 Å². The largest absolute Gasteiger partial charge is 0.479 e. The molecule has 3 N–H and O–H groups in total. The molecule has 4 heteroatoms. The lowest BCUT2D eigenvalue weighted by atomic mass is 9.92. The Bertz CT molecular complexity index is 574. The zero-order chi connectivity index (χ0) is 13.2. The van der Waals surface area contributed by atoms with Crippen molar-refractivity contribution >= 4 is 16.7 Å². The van der Waals surface area contributed by atoms with Gasteiger partial charge in [-0.2, -0.15) is 0 Å². The first-order valence-electron chi connectivity index (χ1n) is 5.60. The van der Waals surface area contributed by atoms with Crippen LogP contribution in [0.1, 0.15) is 5.56 Å². The average Bonchev–Trinajstić information content (AvgIpc) is 2.39. The molecular weight excluding hydrogens is 232 g/mol. The van der Waals surface area contributed by atoms with Gasteiger partial charge in [-0.3, -0.25) is 0 Å². The molecule has 0 saturated carbocycles. The number of carboxylic acids is 1. The van der Waals surface area contributed by atoms with Crippen molar-refractivity contribution in [3.8, 4) is 0 Å². The molecule has 2 aromatic carbocycles. The van der Waals surface area contributed by atoms with Crippen molar-refractivity contribution < 1.29 is 20.1 Å². The van der Waals surface area contributed by atoms with Crippen LogP contribution >= 0.6 is 0 Å². The molecule has 0 saturated heterocycles. The van der Waals surface area contributed by atoms with Crippen molar-refractivity contribution in [1.29, 1.82) is 0 Å². The maximum Gasteiger partial charge on any atom is 0.338 e. The van der Waals surface area contributed by atoms with Crippen molar-refractivity contribution in [3.05, 3.63) is 48.0 Å². The van der Waals surface area contributed by atoms with E-state index in [2.05, 4.69) is 0 Å². The van der Waals surface area contributed by atoms with Crippen LogP contribution in [0.25, 0.3) is 10.8 Å². The Hall–Kier alpha value is -1.91. The number of carboxylic acid groups (broad SMARTS) is 1. The van der Waals surface area contributed by atoms with Crippen LogP contribution in [0.4, 0.5) is 0 Å². The number of benzene rings is 2. The van der Waals surface area contributed by atoms with Crippen molar-refractivity contribution in [2.24, 2.45) is 0 Å². The third kappa shape index (κ3) is 2.20. The molecule has 94 valence electrons. The van der Waals surface area contributed by atoms with Crippen LogP contribution in [0.5, 0.6) is 0 Å². The molecule has 2 rings (SSSR count). The second-order valence-corrected chi connectivity index (χ2v) is 4.31. The Morgan fingerprint density at radius 1 is 1.11 bits per heavy atom. The van der Waals surface area contributed by atoms with E-state index in [1.54, 1.807) is 12.1 Å². The Kier molecular flexibility index (Phi) is 3.32. The molecule has 0 bridgehead atoms. The molecular formula is C14H14O4. The number of carbonyl (C=O) groups is 1. The van der Waals surface area contributed by atoms with Crippen LogP contribution < -0.4 is 0 Å². The zero-order valence-electron chi connectivity index (χ0n) is 9.71. The van der Waals surface area contributed by atoms with Gasteiger partial charge in [-0.1, -0.05) is 42.5 Å². The fourth-order valence-electron chi connectivity index (χ4n) is 1.96. The topological polar surface area (TPSA) is 77.8 Å². The number of aliphatic hydroxyl groups is 2. The first-order chi connectivity index (χ1) is 8.57. The molecule has 0 aliphatic carbocycles. The molecule has 0 aromatic heterocycles. The molecule has 0 heterocycles. The van der Waals surface area contributed by atoms with Crippen LogP contribution in [-0.4, -0.2) is 33.5 Å². The number of hydrogen-bond acceptors (Lipinski definition) is 3. The quantitative estimate of drug-likeness (QED) is 0.757. The van der Waals surface area contributed by atoms with Gasteiger partial charge < -0.3 is 15.3 Å². The molecule has 4 nitrogen and oxygen atoms in total. The third-order valence-electron chi connectivity index (χ3n) is 3.02. The molecule has 0 aliphatic rings. The van der Waals surface area contributed by atoms with Gasteiger partial charge in [-0.25, -0.2) is 4.79 Å². The number of fused-ring (bicyclic) bond motifs is 1. The van der Waals surface area contributed by atoms with Gasteiger partial charge in [-0.15, -0.1) is 0 Å². The van der Waals surface area contributed by atoms with Crippen LogP contribution in [-0.2, 0) is 11.2 Å². The fourth-order valence-corrected chi connectivity index (χ4v) is 1.96. The monoisotopic (exact) mass is 246 g/mol. The second kappa shape index (κ2) is 4.76. The minimum Gasteiger partial charge on any atom is -0.479 e. The molecule has 2 aromatic rings. The Balaban J connectivity index is 2.46. The number of rotatable bonds is 4. The van der Waals surface area contributed by atoms with Gasteiger partial charge in [0.15, 0.2) is 5.60 Å². The van der Waals surface area contributed by atoms with Gasteiger partial charge in [0.25, 0.3) is 0 Å². The lowest BCUT2D eigenvalue weighted by molar-refractivity contribution is -0.162. The van der Waals surface area contributed by atoms with E-state index in [9.17, 15) is 9.90 Å². The van der Waals surface area contributed by atoms with Gasteiger partial charge in [0, 0.05) is 6.42 Å². The predicted octanol–water partition coefficient (Wildman–Crippen LogP) is 1.19. The first-order valence-corrected chi connectivity index (χ1v) is 5.60. The fraction of sp³-hybridized carbons (Fsp3) is 0.214. The molecule has 0 aliphatic heterocycles. The van der Waals surface area contributed by atoms with Gasteiger partial charge in [-0.05, 0) is 16.3 Å². The average molecular weight is 246 g/mol. The zero-order valence-corrected chi connectivity index (χ0v) is 9.71. The van der Waals surface area contributed by atoms with Crippen LogP contribution in [0.2, 0.25) is 0 Å². The molecule has 1 unspecified atom stereocenters. The van der Waals surface area contributed by atoms with Crippen molar-refractivity contribution in [1.82, 2.24) is 0 Å². The van der Waals surface area contributed by atoms with Crippen molar-refractivity contribution in [2.75, 3.05) is 6.61 Å². The Morgan fingerprint density at radius 3 is 2.44 bits per heavy atom. The Labute approximate surface area is 104 Å². The summed E-state index contributed by atoms with van der Waals surface area (Å²) in [4.78, 5) is 11.0. The lowest BCUT2D eigenvalue weighted by Gasteiger charge is -2.21. The van der Waals surface area contributed by atoms with E-state index >= 15 is 0 Å². The summed E-state index contributed by atoms with van der Waals surface area (Å²) in [6.07, 6.45) is -0.125. The van der Waals surface area contributed by atoms with Crippen LogP contribution in [0.3, 0.4) is 0 Å². The highest BCUT2D eigenvalue weighted by molar-refractivity contribution is 5.87. The minimum atomic E-state index is -2.13. The first kappa shape index (κ1) is 12.5. The summed E-state index contributed by atoms with van der Waals surface area (Å²) in [6.45, 7) is -0.814. The smallest absolute Gasteiger partial charge is 0.338 e. The third-order valence-corrected chi connectivity index (χ3v) is 3.02. The second-order valence-electron chi connectivity index (χ2n) is 4.31. The highest BCUT2D eigenvalue weighted by atomic mass is 16.4. The van der Waals surface area contributed by atoms with E-state index in [0.29, 0.717) is 5.56 Å². The van der Waals surface area contributed by atoms with E-state index < -0.39 is 18.2 Å².